The van der Waals surface area contributed by atoms with Gasteiger partial charge in [-0.2, -0.15) is 0 Å². The number of benzene rings is 1. The number of cyclic esters (lactones) is 1. The number of rotatable bonds is 5. The molecule has 2 aliphatic heterocycles. The van der Waals surface area contributed by atoms with Crippen LogP contribution in [-0.2, 0) is 23.4 Å². The molecule has 0 amide bonds. The van der Waals surface area contributed by atoms with Gasteiger partial charge in [-0.3, -0.25) is 4.79 Å². The monoisotopic (exact) mass is 526 g/mol. The van der Waals surface area contributed by atoms with E-state index in [1.54, 1.807) is 6.08 Å². The van der Waals surface area contributed by atoms with Crippen molar-refractivity contribution < 1.29 is 23.4 Å². The van der Waals surface area contributed by atoms with Crippen LogP contribution in [0.15, 0.2) is 66.8 Å². The summed E-state index contributed by atoms with van der Waals surface area (Å²) in [6.07, 6.45) is 8.05. The molecule has 37 heavy (non-hydrogen) atoms. The number of hydrogen-bond donors (Lipinski definition) is 0. The molecule has 0 aromatic heterocycles. The number of carbonyl (C=O) groups is 1. The molecule has 0 spiro atoms. The Morgan fingerprint density at radius 2 is 1.86 bits per heavy atom. The lowest BCUT2D eigenvalue weighted by molar-refractivity contribution is -0.151. The Kier molecular flexibility index (Phi) is 9.44. The van der Waals surface area contributed by atoms with E-state index >= 15 is 0 Å². The highest BCUT2D eigenvalue weighted by Gasteiger charge is 2.47. The zero-order valence-electron chi connectivity index (χ0n) is 24.0. The van der Waals surface area contributed by atoms with E-state index in [1.807, 2.05) is 43.3 Å². The van der Waals surface area contributed by atoms with Crippen LogP contribution in [0.4, 0.5) is 0 Å². The predicted octanol–water partition coefficient (Wildman–Crippen LogP) is 7.67. The zero-order valence-corrected chi connectivity index (χ0v) is 25.0. The SMILES string of the molecule is C=C/C=C(\C)[C@H]1OC(=O)C[C@H](O[Si](C)(C)C(C)(C)C)CC[C@@]2(C)OC(c3ccccc3)O[C@H]2/C=C\[C@@H]1C. The van der Waals surface area contributed by atoms with Crippen LogP contribution >= 0.6 is 0 Å². The molecule has 1 aromatic rings. The topological polar surface area (TPSA) is 54.0 Å². The Labute approximate surface area is 225 Å². The maximum atomic E-state index is 13.2. The van der Waals surface area contributed by atoms with Crippen LogP contribution in [0.5, 0.6) is 0 Å². The summed E-state index contributed by atoms with van der Waals surface area (Å²) in [6.45, 7) is 21.1. The fourth-order valence-electron chi connectivity index (χ4n) is 4.72. The van der Waals surface area contributed by atoms with Gasteiger partial charge in [0.1, 0.15) is 12.2 Å². The van der Waals surface area contributed by atoms with Crippen molar-refractivity contribution in [3.8, 4) is 0 Å². The molecule has 1 fully saturated rings. The van der Waals surface area contributed by atoms with Crippen LogP contribution in [-0.4, -0.2) is 38.2 Å². The third kappa shape index (κ3) is 7.32. The highest BCUT2D eigenvalue weighted by molar-refractivity contribution is 6.74. The summed E-state index contributed by atoms with van der Waals surface area (Å²) in [6, 6.07) is 10.1. The van der Waals surface area contributed by atoms with Gasteiger partial charge in [0.2, 0.25) is 0 Å². The molecule has 2 aliphatic rings. The van der Waals surface area contributed by atoms with Gasteiger partial charge in [-0.05, 0) is 50.4 Å². The van der Waals surface area contributed by atoms with Crippen molar-refractivity contribution in [2.45, 2.75) is 109 Å². The smallest absolute Gasteiger partial charge is 0.308 e. The first-order chi connectivity index (χ1) is 17.3. The summed E-state index contributed by atoms with van der Waals surface area (Å²) in [5.41, 5.74) is 1.39. The minimum absolute atomic E-state index is 0.0292. The molecule has 2 heterocycles. The number of fused-ring (bicyclic) bond motifs is 1. The summed E-state index contributed by atoms with van der Waals surface area (Å²) in [7, 11) is -2.12. The average Bonchev–Trinajstić information content (AvgIpc) is 3.15. The van der Waals surface area contributed by atoms with Gasteiger partial charge >= 0.3 is 5.97 Å². The third-order valence-corrected chi connectivity index (χ3v) is 12.6. The molecule has 204 valence electrons. The highest BCUT2D eigenvalue weighted by atomic mass is 28.4. The highest BCUT2D eigenvalue weighted by Crippen LogP contribution is 2.44. The summed E-state index contributed by atoms with van der Waals surface area (Å²) in [5, 5.41) is 0.0292. The summed E-state index contributed by atoms with van der Waals surface area (Å²) >= 11 is 0. The average molecular weight is 527 g/mol. The van der Waals surface area contributed by atoms with E-state index in [0.29, 0.717) is 12.8 Å². The van der Waals surface area contributed by atoms with Crippen LogP contribution in [0.2, 0.25) is 18.1 Å². The van der Waals surface area contributed by atoms with E-state index in [-0.39, 0.29) is 35.6 Å². The van der Waals surface area contributed by atoms with Gasteiger partial charge in [-0.15, -0.1) is 0 Å². The van der Waals surface area contributed by atoms with E-state index < -0.39 is 26.3 Å². The number of ether oxygens (including phenoxy) is 3. The molecule has 0 radical (unpaired) electrons. The Bertz CT molecular complexity index is 993. The number of allylic oxidation sites excluding steroid dienone is 2. The largest absolute Gasteiger partial charge is 0.457 e. The van der Waals surface area contributed by atoms with E-state index in [2.05, 4.69) is 66.4 Å². The Morgan fingerprint density at radius 3 is 2.49 bits per heavy atom. The van der Waals surface area contributed by atoms with Gasteiger partial charge in [0.05, 0.1) is 18.1 Å². The fourth-order valence-corrected chi connectivity index (χ4v) is 6.10. The molecule has 0 aliphatic carbocycles. The molecule has 0 saturated carbocycles. The van der Waals surface area contributed by atoms with Crippen molar-refractivity contribution in [2.24, 2.45) is 5.92 Å². The van der Waals surface area contributed by atoms with Crippen molar-refractivity contribution in [3.63, 3.8) is 0 Å². The second kappa shape index (κ2) is 11.8. The van der Waals surface area contributed by atoms with Gasteiger partial charge in [-0.1, -0.05) is 88.9 Å². The number of hydrogen-bond acceptors (Lipinski definition) is 5. The van der Waals surface area contributed by atoms with E-state index in [1.165, 1.54) is 0 Å². The van der Waals surface area contributed by atoms with E-state index in [0.717, 1.165) is 11.1 Å². The Morgan fingerprint density at radius 1 is 1.19 bits per heavy atom. The maximum absolute atomic E-state index is 13.2. The van der Waals surface area contributed by atoms with Gasteiger partial charge in [-0.25, -0.2) is 0 Å². The van der Waals surface area contributed by atoms with Gasteiger partial charge in [0.15, 0.2) is 14.6 Å². The molecule has 3 rings (SSSR count). The first kappa shape index (κ1) is 29.6. The lowest BCUT2D eigenvalue weighted by atomic mass is 9.89. The van der Waals surface area contributed by atoms with Gasteiger partial charge in [0, 0.05) is 11.5 Å². The van der Waals surface area contributed by atoms with Gasteiger partial charge < -0.3 is 18.6 Å². The second-order valence-corrected chi connectivity index (χ2v) is 17.0. The normalized spacial score (nSPS) is 33.0. The number of esters is 1. The molecular weight excluding hydrogens is 480 g/mol. The minimum atomic E-state index is -2.12. The zero-order chi connectivity index (χ0) is 27.4. The lowest BCUT2D eigenvalue weighted by Gasteiger charge is -2.40. The summed E-state index contributed by atoms with van der Waals surface area (Å²) in [5.74, 6) is -0.290. The van der Waals surface area contributed by atoms with Crippen LogP contribution in [0.1, 0.15) is 72.7 Å². The minimum Gasteiger partial charge on any atom is -0.457 e. The fraction of sp³-hybridized carbons (Fsp3) is 0.581. The maximum Gasteiger partial charge on any atom is 0.308 e. The van der Waals surface area contributed by atoms with Crippen LogP contribution in [0.25, 0.3) is 0 Å². The second-order valence-electron chi connectivity index (χ2n) is 12.3. The van der Waals surface area contributed by atoms with E-state index in [9.17, 15) is 4.79 Å². The Balaban J connectivity index is 1.97. The molecule has 0 N–H and O–H groups in total. The standard InChI is InChI=1S/C31H46O5Si/c1-10-14-22(2)28-23(3)17-18-26-31(7,35-29(33-26)24-15-12-11-13-16-24)20-19-25(21-27(32)34-28)36-37(8,9)30(4,5)6/h10-18,23,25-26,28-29H,1,19-21H2,2-9H3/b18-17-,22-14+/t23-,25+,26-,28+,29?,31+/m0/s1. The van der Waals surface area contributed by atoms with Crippen LogP contribution in [0, 0.1) is 5.92 Å². The summed E-state index contributed by atoms with van der Waals surface area (Å²) in [4.78, 5) is 13.2. The lowest BCUT2D eigenvalue weighted by Crippen LogP contribution is -2.45. The van der Waals surface area contributed by atoms with E-state index in [4.69, 9.17) is 18.6 Å². The third-order valence-electron chi connectivity index (χ3n) is 8.10. The predicted molar refractivity (Wildman–Crippen MR) is 152 cm³/mol. The van der Waals surface area contributed by atoms with Crippen molar-refractivity contribution in [1.82, 2.24) is 0 Å². The first-order valence-electron chi connectivity index (χ1n) is 13.5. The molecular formula is C31H46O5Si. The molecule has 6 atom stereocenters. The molecule has 5 nitrogen and oxygen atoms in total. The molecule has 1 saturated heterocycles. The number of carbonyl (C=O) groups excluding carboxylic acids is 1. The van der Waals surface area contributed by atoms with Crippen LogP contribution < -0.4 is 0 Å². The van der Waals surface area contributed by atoms with Crippen molar-refractivity contribution >= 4 is 14.3 Å². The van der Waals surface area contributed by atoms with Crippen molar-refractivity contribution in [3.05, 3.63) is 72.4 Å². The van der Waals surface area contributed by atoms with Crippen molar-refractivity contribution in [1.29, 1.82) is 0 Å². The first-order valence-corrected chi connectivity index (χ1v) is 16.4. The molecule has 1 aromatic carbocycles. The van der Waals surface area contributed by atoms with Gasteiger partial charge in [0.25, 0.3) is 0 Å². The molecule has 6 heteroatoms. The van der Waals surface area contributed by atoms with Crippen LogP contribution in [0.3, 0.4) is 0 Å². The summed E-state index contributed by atoms with van der Waals surface area (Å²) < 4.78 is 25.9. The van der Waals surface area contributed by atoms with Crippen molar-refractivity contribution in [2.75, 3.05) is 0 Å². The quantitative estimate of drug-likeness (QED) is 0.170. The molecule has 0 bridgehead atoms. The Hall–Kier alpha value is -1.99. The molecule has 1 unspecified atom stereocenters.